The first-order valence-corrected chi connectivity index (χ1v) is 8.95. The van der Waals surface area contributed by atoms with Crippen LogP contribution in [0.15, 0.2) is 18.2 Å². The summed E-state index contributed by atoms with van der Waals surface area (Å²) < 4.78 is 0. The quantitative estimate of drug-likeness (QED) is 0.661. The number of halogens is 1. The van der Waals surface area contributed by atoms with Crippen molar-refractivity contribution in [3.8, 4) is 0 Å². The maximum Gasteiger partial charge on any atom is 0.253 e. The van der Waals surface area contributed by atoms with E-state index in [1.54, 1.807) is 18.2 Å². The van der Waals surface area contributed by atoms with Gasteiger partial charge in [-0.15, -0.1) is 0 Å². The fourth-order valence-corrected chi connectivity index (χ4v) is 2.65. The van der Waals surface area contributed by atoms with Crippen LogP contribution < -0.4 is 16.0 Å². The molecule has 1 fully saturated rings. The maximum atomic E-state index is 12.2. The summed E-state index contributed by atoms with van der Waals surface area (Å²) in [4.78, 5) is 36.0. The van der Waals surface area contributed by atoms with Gasteiger partial charge < -0.3 is 16.0 Å². The van der Waals surface area contributed by atoms with Crippen LogP contribution in [-0.2, 0) is 9.59 Å². The molecule has 1 aromatic carbocycles. The van der Waals surface area contributed by atoms with E-state index in [0.717, 1.165) is 12.8 Å². The predicted molar refractivity (Wildman–Crippen MR) is 97.6 cm³/mol. The molecule has 0 aromatic heterocycles. The van der Waals surface area contributed by atoms with Crippen molar-refractivity contribution >= 4 is 35.0 Å². The van der Waals surface area contributed by atoms with Gasteiger partial charge in [0.2, 0.25) is 11.8 Å². The first kappa shape index (κ1) is 19.2. The summed E-state index contributed by atoms with van der Waals surface area (Å²) >= 11 is 5.97. The Morgan fingerprint density at radius 3 is 2.56 bits per heavy atom. The number of hydrogen-bond acceptors (Lipinski definition) is 3. The first-order chi connectivity index (χ1) is 11.9. The van der Waals surface area contributed by atoms with Crippen LogP contribution in [-0.4, -0.2) is 30.8 Å². The second-order valence-electron chi connectivity index (χ2n) is 6.35. The number of carbonyl (C=O) groups is 3. The van der Waals surface area contributed by atoms with Crippen LogP contribution in [0.1, 0.15) is 43.5 Å². The molecule has 2 unspecified atom stereocenters. The fraction of sp³-hybridized carbons (Fsp3) is 0.500. The zero-order valence-electron chi connectivity index (χ0n) is 14.5. The van der Waals surface area contributed by atoms with Gasteiger partial charge in [0.05, 0.1) is 11.3 Å². The molecule has 3 amide bonds. The minimum Gasteiger partial charge on any atom is -0.355 e. The zero-order chi connectivity index (χ0) is 18.4. The van der Waals surface area contributed by atoms with Crippen LogP contribution in [0.5, 0.6) is 0 Å². The molecular formula is C18H24ClN3O3. The molecule has 0 bridgehead atoms. The van der Waals surface area contributed by atoms with Crippen LogP contribution >= 0.6 is 11.6 Å². The molecule has 0 radical (unpaired) electrons. The molecule has 2 atom stereocenters. The standard InChI is InChI=1S/C18H24ClN3O3/c1-3-7-20-17(24)13-5-4-12(19)10-15(13)22-16(23)6-8-21-18(25)14-9-11(14)2/h4-5,10-11,14H,3,6-9H2,1-2H3,(H,20,24)(H,21,25)(H,22,23). The molecule has 136 valence electrons. The molecular weight excluding hydrogens is 342 g/mol. The Labute approximate surface area is 152 Å². The third kappa shape index (κ3) is 5.74. The summed E-state index contributed by atoms with van der Waals surface area (Å²) in [6.45, 7) is 4.81. The highest BCUT2D eigenvalue weighted by Crippen LogP contribution is 2.37. The lowest BCUT2D eigenvalue weighted by Gasteiger charge is -2.12. The van der Waals surface area contributed by atoms with Crippen LogP contribution in [0.25, 0.3) is 0 Å². The normalized spacial score (nSPS) is 18.4. The average molecular weight is 366 g/mol. The topological polar surface area (TPSA) is 87.3 Å². The highest BCUT2D eigenvalue weighted by molar-refractivity contribution is 6.31. The summed E-state index contributed by atoms with van der Waals surface area (Å²) in [5.41, 5.74) is 0.732. The van der Waals surface area contributed by atoms with E-state index in [0.29, 0.717) is 28.7 Å². The number of rotatable bonds is 8. The van der Waals surface area contributed by atoms with E-state index in [1.165, 1.54) is 0 Å². The number of carbonyl (C=O) groups excluding carboxylic acids is 3. The summed E-state index contributed by atoms with van der Waals surface area (Å²) in [6, 6.07) is 4.74. The fourth-order valence-electron chi connectivity index (χ4n) is 2.48. The zero-order valence-corrected chi connectivity index (χ0v) is 15.3. The Morgan fingerprint density at radius 2 is 1.92 bits per heavy atom. The monoisotopic (exact) mass is 365 g/mol. The van der Waals surface area contributed by atoms with Crippen molar-refractivity contribution in [3.05, 3.63) is 28.8 Å². The van der Waals surface area contributed by atoms with E-state index in [9.17, 15) is 14.4 Å². The van der Waals surface area contributed by atoms with Crippen LogP contribution in [0.3, 0.4) is 0 Å². The van der Waals surface area contributed by atoms with Crippen molar-refractivity contribution in [1.82, 2.24) is 10.6 Å². The molecule has 25 heavy (non-hydrogen) atoms. The van der Waals surface area contributed by atoms with Gasteiger partial charge in [-0.25, -0.2) is 0 Å². The highest BCUT2D eigenvalue weighted by Gasteiger charge is 2.38. The Kier molecular flexibility index (Phi) is 6.82. The second kappa shape index (κ2) is 8.85. The molecule has 1 aliphatic carbocycles. The molecule has 1 saturated carbocycles. The molecule has 6 nitrogen and oxygen atoms in total. The third-order valence-electron chi connectivity index (χ3n) is 4.13. The van der Waals surface area contributed by atoms with E-state index in [-0.39, 0.29) is 36.6 Å². The van der Waals surface area contributed by atoms with Gasteiger partial charge in [0.1, 0.15) is 0 Å². The van der Waals surface area contributed by atoms with E-state index in [1.807, 2.05) is 13.8 Å². The summed E-state index contributed by atoms with van der Waals surface area (Å²) in [6.07, 6.45) is 1.87. The molecule has 0 spiro atoms. The van der Waals surface area contributed by atoms with E-state index in [4.69, 9.17) is 11.6 Å². The van der Waals surface area contributed by atoms with Crippen molar-refractivity contribution in [2.45, 2.75) is 33.1 Å². The van der Waals surface area contributed by atoms with E-state index in [2.05, 4.69) is 16.0 Å². The highest BCUT2D eigenvalue weighted by atomic mass is 35.5. The van der Waals surface area contributed by atoms with Gasteiger partial charge in [-0.1, -0.05) is 25.4 Å². The molecule has 0 aliphatic heterocycles. The number of anilines is 1. The number of nitrogens with one attached hydrogen (secondary N) is 3. The van der Waals surface area contributed by atoms with Crippen LogP contribution in [0, 0.1) is 11.8 Å². The van der Waals surface area contributed by atoms with E-state index < -0.39 is 0 Å². The van der Waals surface area contributed by atoms with Crippen molar-refractivity contribution < 1.29 is 14.4 Å². The van der Waals surface area contributed by atoms with Gasteiger partial charge in [0.15, 0.2) is 0 Å². The second-order valence-corrected chi connectivity index (χ2v) is 6.79. The largest absolute Gasteiger partial charge is 0.355 e. The Bertz CT molecular complexity index is 663. The van der Waals surface area contributed by atoms with Gasteiger partial charge in [0, 0.05) is 30.5 Å². The molecule has 7 heteroatoms. The minimum atomic E-state index is -0.282. The number of benzene rings is 1. The number of amides is 3. The van der Waals surface area contributed by atoms with Crippen molar-refractivity contribution in [1.29, 1.82) is 0 Å². The predicted octanol–water partition coefficient (Wildman–Crippen LogP) is 2.58. The SMILES string of the molecule is CCCNC(=O)c1ccc(Cl)cc1NC(=O)CCNC(=O)C1CC1C. The lowest BCUT2D eigenvalue weighted by molar-refractivity contribution is -0.122. The Balaban J connectivity index is 1.89. The first-order valence-electron chi connectivity index (χ1n) is 8.57. The molecule has 3 N–H and O–H groups in total. The molecule has 1 aromatic rings. The molecule has 2 rings (SSSR count). The molecule has 0 heterocycles. The minimum absolute atomic E-state index is 0.00249. The van der Waals surface area contributed by atoms with E-state index >= 15 is 0 Å². The van der Waals surface area contributed by atoms with Gasteiger partial charge >= 0.3 is 0 Å². The Morgan fingerprint density at radius 1 is 1.20 bits per heavy atom. The van der Waals surface area contributed by atoms with Crippen LogP contribution in [0.4, 0.5) is 5.69 Å². The van der Waals surface area contributed by atoms with Gasteiger partial charge in [0.25, 0.3) is 5.91 Å². The van der Waals surface area contributed by atoms with Crippen LogP contribution in [0.2, 0.25) is 5.02 Å². The summed E-state index contributed by atoms with van der Waals surface area (Å²) in [5.74, 6) is -0.0159. The van der Waals surface area contributed by atoms with Gasteiger partial charge in [-0.2, -0.15) is 0 Å². The summed E-state index contributed by atoms with van der Waals surface area (Å²) in [7, 11) is 0. The molecule has 1 aliphatic rings. The maximum absolute atomic E-state index is 12.2. The van der Waals surface area contributed by atoms with Gasteiger partial charge in [-0.3, -0.25) is 14.4 Å². The Hall–Kier alpha value is -2.08. The lowest BCUT2D eigenvalue weighted by atomic mass is 10.1. The third-order valence-corrected chi connectivity index (χ3v) is 4.37. The van der Waals surface area contributed by atoms with Crippen molar-refractivity contribution in [3.63, 3.8) is 0 Å². The smallest absolute Gasteiger partial charge is 0.253 e. The van der Waals surface area contributed by atoms with Gasteiger partial charge in [-0.05, 0) is 37.0 Å². The van der Waals surface area contributed by atoms with Crippen molar-refractivity contribution in [2.75, 3.05) is 18.4 Å². The molecule has 0 saturated heterocycles. The lowest BCUT2D eigenvalue weighted by Crippen LogP contribution is -2.30. The average Bonchev–Trinajstić information content (AvgIpc) is 3.29. The number of hydrogen-bond donors (Lipinski definition) is 3. The summed E-state index contributed by atoms with van der Waals surface area (Å²) in [5, 5.41) is 8.67. The van der Waals surface area contributed by atoms with Crippen molar-refractivity contribution in [2.24, 2.45) is 11.8 Å².